The number of aliphatic hydroxyl groups is 4. The highest BCUT2D eigenvalue weighted by Gasteiger charge is 2.52. The summed E-state index contributed by atoms with van der Waals surface area (Å²) in [6.45, 7) is 10.5. The van der Waals surface area contributed by atoms with Gasteiger partial charge in [0.2, 0.25) is 0 Å². The zero-order chi connectivity index (χ0) is 36.6. The Labute approximate surface area is 302 Å². The number of rotatable bonds is 21. The molecule has 0 radical (unpaired) electrons. The van der Waals surface area contributed by atoms with Gasteiger partial charge < -0.3 is 40.1 Å². The summed E-state index contributed by atoms with van der Waals surface area (Å²) in [5, 5.41) is 42.7. The van der Waals surface area contributed by atoms with Gasteiger partial charge in [0.15, 0.2) is 6.29 Å². The number of nitrogens with two attached hydrogens (primary N) is 1. The molecule has 50 heavy (non-hydrogen) atoms. The van der Waals surface area contributed by atoms with E-state index in [2.05, 4.69) is 71.0 Å². The summed E-state index contributed by atoms with van der Waals surface area (Å²) >= 11 is 0. The summed E-state index contributed by atoms with van der Waals surface area (Å²) in [5.74, 6) is 0. The lowest BCUT2D eigenvalue weighted by molar-refractivity contribution is -0.302. The Kier molecular flexibility index (Phi) is 18.0. The highest BCUT2D eigenvalue weighted by molar-refractivity contribution is 6.99. The predicted molar refractivity (Wildman–Crippen MR) is 205 cm³/mol. The van der Waals surface area contributed by atoms with Gasteiger partial charge in [0.05, 0.1) is 25.4 Å². The molecule has 0 aliphatic carbocycles. The van der Waals surface area contributed by atoms with Gasteiger partial charge in [-0.1, -0.05) is 151 Å². The molecule has 0 amide bonds. The van der Waals surface area contributed by atoms with Crippen LogP contribution in [0.5, 0.6) is 0 Å². The van der Waals surface area contributed by atoms with Crippen LogP contribution in [0.2, 0.25) is 5.04 Å². The predicted octanol–water partition coefficient (Wildman–Crippen LogP) is 5.50. The van der Waals surface area contributed by atoms with Gasteiger partial charge in [-0.25, -0.2) is 0 Å². The van der Waals surface area contributed by atoms with E-state index < -0.39 is 57.8 Å². The molecule has 1 heterocycles. The van der Waals surface area contributed by atoms with Crippen LogP contribution in [0.25, 0.3) is 0 Å². The van der Waals surface area contributed by atoms with Gasteiger partial charge in [-0.2, -0.15) is 0 Å². The third-order valence-electron chi connectivity index (χ3n) is 9.78. The van der Waals surface area contributed by atoms with Crippen LogP contribution >= 0.6 is 0 Å². The largest absolute Gasteiger partial charge is 0.399 e. The first-order valence-corrected chi connectivity index (χ1v) is 20.7. The fraction of sp³-hybridized carbons (Fsp3) is 0.610. The van der Waals surface area contributed by atoms with Gasteiger partial charge >= 0.3 is 0 Å². The third-order valence-corrected chi connectivity index (χ3v) is 14.8. The normalized spacial score (nSPS) is 23.3. The van der Waals surface area contributed by atoms with Gasteiger partial charge in [-0.05, 0) is 48.0 Å². The molecule has 1 saturated heterocycles. The molecule has 8 nitrogen and oxygen atoms in total. The van der Waals surface area contributed by atoms with Crippen LogP contribution in [0.1, 0.15) is 98.8 Å². The van der Waals surface area contributed by atoms with Crippen LogP contribution in [0.15, 0.2) is 84.5 Å². The Morgan fingerprint density at radius 2 is 1.44 bits per heavy atom. The van der Waals surface area contributed by atoms with E-state index in [9.17, 15) is 20.4 Å². The number of allylic oxidation sites excluding steroid dienone is 3. The van der Waals surface area contributed by atoms with Crippen molar-refractivity contribution in [3.63, 3.8) is 0 Å². The van der Waals surface area contributed by atoms with Crippen LogP contribution in [-0.2, 0) is 13.9 Å². The molecule has 0 saturated carbocycles. The van der Waals surface area contributed by atoms with Crippen LogP contribution in [0, 0.1) is 0 Å². The lowest BCUT2D eigenvalue weighted by Gasteiger charge is -2.46. The molecule has 2 aromatic carbocycles. The van der Waals surface area contributed by atoms with E-state index in [-0.39, 0.29) is 11.6 Å². The van der Waals surface area contributed by atoms with Crippen LogP contribution in [0.3, 0.4) is 0 Å². The van der Waals surface area contributed by atoms with Crippen molar-refractivity contribution in [1.82, 2.24) is 0 Å². The molecule has 1 aliphatic rings. The van der Waals surface area contributed by atoms with Crippen molar-refractivity contribution in [3.05, 3.63) is 84.5 Å². The first kappa shape index (κ1) is 42.2. The quantitative estimate of drug-likeness (QED) is 0.0652. The SMILES string of the molecule is CCCCCCCCC/C(C)=C/CC/C=C/[C@@H](O[Si](c1ccccc1)(c1ccccc1)C(C)(C)C)[C@@H](N)CO[C@@H]1O[C@H](CO)[C@@H](O)[C@H](O)[C@H]1O. The molecule has 1 aliphatic heterocycles. The minimum atomic E-state index is -3.00. The van der Waals surface area contributed by atoms with Gasteiger partial charge in [0.25, 0.3) is 8.32 Å². The first-order chi connectivity index (χ1) is 24.0. The summed E-state index contributed by atoms with van der Waals surface area (Å²) in [4.78, 5) is 0. The number of unbranched alkanes of at least 4 members (excludes halogenated alkanes) is 7. The highest BCUT2D eigenvalue weighted by Crippen LogP contribution is 2.38. The summed E-state index contributed by atoms with van der Waals surface area (Å²) < 4.78 is 19.0. The molecular formula is C41H65NO7Si. The Morgan fingerprint density at radius 1 is 0.860 bits per heavy atom. The average Bonchev–Trinajstić information content (AvgIpc) is 3.11. The second-order valence-electron chi connectivity index (χ2n) is 14.9. The van der Waals surface area contributed by atoms with Crippen LogP contribution in [0.4, 0.5) is 0 Å². The molecule has 0 unspecified atom stereocenters. The molecular weight excluding hydrogens is 647 g/mol. The minimum absolute atomic E-state index is 0.0621. The minimum Gasteiger partial charge on any atom is -0.399 e. The van der Waals surface area contributed by atoms with E-state index >= 15 is 0 Å². The van der Waals surface area contributed by atoms with E-state index in [1.54, 1.807) is 0 Å². The van der Waals surface area contributed by atoms with E-state index in [0.29, 0.717) is 0 Å². The average molecular weight is 712 g/mol. The zero-order valence-electron chi connectivity index (χ0n) is 31.1. The Hall–Kier alpha value is -2.18. The molecule has 0 spiro atoms. The maximum Gasteiger partial charge on any atom is 0.261 e. The Balaban J connectivity index is 1.82. The second-order valence-corrected chi connectivity index (χ2v) is 19.1. The first-order valence-electron chi connectivity index (χ1n) is 18.7. The number of hydrogen-bond donors (Lipinski definition) is 5. The maximum atomic E-state index is 10.6. The lowest BCUT2D eigenvalue weighted by Crippen LogP contribution is -2.69. The molecule has 2 aromatic rings. The molecule has 280 valence electrons. The molecule has 9 heteroatoms. The van der Waals surface area contributed by atoms with Gasteiger partial charge in [-0.15, -0.1) is 0 Å². The molecule has 3 rings (SSSR count). The molecule has 0 bridgehead atoms. The fourth-order valence-electron chi connectivity index (χ4n) is 6.79. The lowest BCUT2D eigenvalue weighted by atomic mass is 9.99. The van der Waals surface area contributed by atoms with Crippen molar-refractivity contribution in [1.29, 1.82) is 0 Å². The van der Waals surface area contributed by atoms with Crippen molar-refractivity contribution in [3.8, 4) is 0 Å². The van der Waals surface area contributed by atoms with Crippen molar-refractivity contribution < 1.29 is 34.3 Å². The summed E-state index contributed by atoms with van der Waals surface area (Å²) in [5.41, 5.74) is 8.32. The van der Waals surface area contributed by atoms with E-state index in [4.69, 9.17) is 19.6 Å². The highest BCUT2D eigenvalue weighted by atomic mass is 28.4. The molecule has 6 N–H and O–H groups in total. The van der Waals surface area contributed by atoms with E-state index in [1.165, 1.54) is 50.5 Å². The summed E-state index contributed by atoms with van der Waals surface area (Å²) in [6, 6.07) is 20.1. The fourth-order valence-corrected chi connectivity index (χ4v) is 11.5. The van der Waals surface area contributed by atoms with E-state index in [0.717, 1.165) is 29.6 Å². The molecule has 0 aromatic heterocycles. The van der Waals surface area contributed by atoms with Gasteiger partial charge in [0, 0.05) is 0 Å². The topological polar surface area (TPSA) is 135 Å². The van der Waals surface area contributed by atoms with Crippen LogP contribution in [-0.4, -0.2) is 84.8 Å². The van der Waals surface area contributed by atoms with Crippen LogP contribution < -0.4 is 16.1 Å². The van der Waals surface area contributed by atoms with Crippen molar-refractivity contribution >= 4 is 18.7 Å². The van der Waals surface area contributed by atoms with E-state index in [1.807, 2.05) is 42.5 Å². The van der Waals surface area contributed by atoms with Crippen molar-refractivity contribution in [2.75, 3.05) is 13.2 Å². The van der Waals surface area contributed by atoms with Gasteiger partial charge in [0.1, 0.15) is 24.4 Å². The zero-order valence-corrected chi connectivity index (χ0v) is 32.1. The monoisotopic (exact) mass is 711 g/mol. The van der Waals surface area contributed by atoms with Crippen molar-refractivity contribution in [2.45, 2.75) is 147 Å². The summed E-state index contributed by atoms with van der Waals surface area (Å²) in [7, 11) is -3.00. The number of aliphatic hydroxyl groups excluding tert-OH is 4. The van der Waals surface area contributed by atoms with Crippen molar-refractivity contribution in [2.24, 2.45) is 5.73 Å². The molecule has 1 fully saturated rings. The Morgan fingerprint density at radius 3 is 2.00 bits per heavy atom. The number of ether oxygens (including phenoxy) is 2. The molecule has 7 atom stereocenters. The maximum absolute atomic E-state index is 10.6. The summed E-state index contributed by atoms with van der Waals surface area (Å²) in [6.07, 6.45) is 11.1. The number of benzene rings is 2. The van der Waals surface area contributed by atoms with Gasteiger partial charge in [-0.3, -0.25) is 0 Å². The Bertz CT molecular complexity index is 1230. The third kappa shape index (κ3) is 11.9. The smallest absolute Gasteiger partial charge is 0.261 e. The standard InChI is InChI=1S/C41H65NO7Si/c1-6-7-8-9-10-11-15-22-31(2)23-16-12-21-28-35(34(42)30-47-40-39(46)38(45)37(44)36(29-43)48-40)49-50(41(3,4)5,32-24-17-13-18-25-32)33-26-19-14-20-27-33/h13-14,17-21,23-28,34-40,43-46H,6-12,15-16,22,29-30,42H2,1-5H3/b28-21+,31-23+/t34-,35+,36+,37+,38-,39+,40+/m0/s1. The number of hydrogen-bond acceptors (Lipinski definition) is 8. The second kappa shape index (κ2) is 21.4.